The molecule has 0 radical (unpaired) electrons. The molecule has 0 spiro atoms. The predicted octanol–water partition coefficient (Wildman–Crippen LogP) is -5.43. The Hall–Kier alpha value is -1.33. The molecule has 0 N–H and O–H groups in total. The van der Waals surface area contributed by atoms with Crippen LogP contribution in [-0.4, -0.2) is 37.8 Å². The molecule has 0 aromatic rings. The van der Waals surface area contributed by atoms with E-state index < -0.39 is 24.6 Å². The van der Waals surface area contributed by atoms with Crippen molar-refractivity contribution in [1.82, 2.24) is 0 Å². The van der Waals surface area contributed by atoms with Gasteiger partial charge in [0.2, 0.25) is 0 Å². The molecule has 0 unspecified atom stereocenters. The van der Waals surface area contributed by atoms with E-state index in [1.54, 1.807) is 0 Å². The van der Waals surface area contributed by atoms with Gasteiger partial charge in [-0.25, -0.2) is 9.59 Å². The molecule has 0 aromatic heterocycles. The molecule has 24 heavy (non-hydrogen) atoms. The second-order valence-electron chi connectivity index (χ2n) is 3.61. The maximum absolute atomic E-state index is 10.3. The molecular formula is C12H18Li2O10. The minimum Gasteiger partial charge on any atom is -0.453 e. The summed E-state index contributed by atoms with van der Waals surface area (Å²) < 4.78 is 15.7. The van der Waals surface area contributed by atoms with Crippen LogP contribution < -0.4 is 47.9 Å². The molecule has 0 amide bonds. The Morgan fingerprint density at radius 1 is 0.708 bits per heavy atom. The van der Waals surface area contributed by atoms with Gasteiger partial charge in [0.25, 0.3) is 12.3 Å². The van der Waals surface area contributed by atoms with E-state index in [-0.39, 0.29) is 50.9 Å². The van der Waals surface area contributed by atoms with E-state index >= 15 is 0 Å². The van der Waals surface area contributed by atoms with Gasteiger partial charge in [0.15, 0.2) is 0 Å². The van der Waals surface area contributed by atoms with Crippen LogP contribution >= 0.6 is 0 Å². The van der Waals surface area contributed by atoms with Gasteiger partial charge in [0.05, 0.1) is 13.2 Å². The zero-order chi connectivity index (χ0) is 17.4. The molecule has 0 aliphatic carbocycles. The third-order valence-corrected chi connectivity index (χ3v) is 1.77. The van der Waals surface area contributed by atoms with Gasteiger partial charge in [-0.2, -0.15) is 0 Å². The number of carbonyl (C=O) groups excluding carboxylic acids is 4. The number of unbranched alkanes of at least 4 members (excludes halogenated alkanes) is 2. The van der Waals surface area contributed by atoms with Gasteiger partial charge in [0, 0.05) is 0 Å². The van der Waals surface area contributed by atoms with Gasteiger partial charge >= 0.3 is 50.0 Å². The van der Waals surface area contributed by atoms with E-state index in [4.69, 9.17) is 0 Å². The number of hydrogen-bond donors (Lipinski definition) is 0. The van der Waals surface area contributed by atoms with Gasteiger partial charge < -0.3 is 38.7 Å². The van der Waals surface area contributed by atoms with Crippen molar-refractivity contribution < 1.29 is 86.1 Å². The summed E-state index contributed by atoms with van der Waals surface area (Å²) in [5.41, 5.74) is 0. The Morgan fingerprint density at radius 2 is 1.00 bits per heavy atom. The van der Waals surface area contributed by atoms with E-state index in [1.165, 1.54) is 0 Å². The van der Waals surface area contributed by atoms with Crippen LogP contribution in [0.4, 0.5) is 19.2 Å². The summed E-state index contributed by atoms with van der Waals surface area (Å²) in [5, 5.41) is 19.2. The largest absolute Gasteiger partial charge is 1.00 e. The molecule has 128 valence electrons. The van der Waals surface area contributed by atoms with Crippen LogP contribution in [0.25, 0.3) is 0 Å². The van der Waals surface area contributed by atoms with Crippen molar-refractivity contribution in [2.75, 3.05) is 13.2 Å². The quantitative estimate of drug-likeness (QED) is 0.199. The molecule has 0 fully saturated rings. The summed E-state index contributed by atoms with van der Waals surface area (Å²) in [4.78, 5) is 39.7. The van der Waals surface area contributed by atoms with E-state index in [0.29, 0.717) is 12.8 Å². The Balaban J connectivity index is -0.000000154. The summed E-state index contributed by atoms with van der Waals surface area (Å²) in [6.07, 6.45) is -3.16. The molecule has 0 aliphatic rings. The first-order valence-corrected chi connectivity index (χ1v) is 6.44. The van der Waals surface area contributed by atoms with Crippen molar-refractivity contribution in [1.29, 1.82) is 0 Å². The Morgan fingerprint density at radius 3 is 1.21 bits per heavy atom. The average Bonchev–Trinajstić information content (AvgIpc) is 2.38. The zero-order valence-corrected chi connectivity index (χ0v) is 14.3. The van der Waals surface area contributed by atoms with E-state index in [9.17, 15) is 29.4 Å². The van der Waals surface area contributed by atoms with Crippen LogP contribution in [0, 0.1) is 0 Å². The molecular weight excluding hydrogens is 318 g/mol. The molecule has 0 heterocycles. The summed E-state index contributed by atoms with van der Waals surface area (Å²) >= 11 is 0. The van der Waals surface area contributed by atoms with Gasteiger partial charge in [0.1, 0.15) is 0 Å². The summed E-state index contributed by atoms with van der Waals surface area (Å²) in [6, 6.07) is 0. The van der Waals surface area contributed by atoms with Crippen molar-refractivity contribution in [3.8, 4) is 0 Å². The molecule has 0 saturated carbocycles. The van der Waals surface area contributed by atoms with Crippen LogP contribution in [0.2, 0.25) is 0 Å². The first-order chi connectivity index (χ1) is 10.3. The van der Waals surface area contributed by atoms with E-state index in [1.807, 2.05) is 13.8 Å². The van der Waals surface area contributed by atoms with Crippen LogP contribution in [-0.2, 0) is 18.9 Å². The fourth-order valence-electron chi connectivity index (χ4n) is 0.795. The number of hydrogen-bond acceptors (Lipinski definition) is 10. The normalized spacial score (nSPS) is 8.08. The molecule has 0 aromatic carbocycles. The molecule has 0 saturated heterocycles. The zero-order valence-electron chi connectivity index (χ0n) is 14.3. The van der Waals surface area contributed by atoms with Gasteiger partial charge in [-0.15, -0.1) is 0 Å². The third-order valence-electron chi connectivity index (χ3n) is 1.77. The molecule has 0 atom stereocenters. The Bertz CT molecular complexity index is 328. The smallest absolute Gasteiger partial charge is 0.453 e. The minimum atomic E-state index is -1.90. The number of carbonyl (C=O) groups is 4. The SMILES string of the molecule is CCCCOC(=O)OC(=O)[O-].CCCCOC(=O)OC(=O)[O-].[Li+].[Li+]. The fraction of sp³-hybridized carbons (Fsp3) is 0.667. The van der Waals surface area contributed by atoms with Crippen LogP contribution in [0.15, 0.2) is 0 Å². The first kappa shape index (κ1) is 30.5. The predicted molar refractivity (Wildman–Crippen MR) is 65.5 cm³/mol. The van der Waals surface area contributed by atoms with Crippen LogP contribution in [0.1, 0.15) is 39.5 Å². The summed E-state index contributed by atoms with van der Waals surface area (Å²) in [5.74, 6) is 0. The van der Waals surface area contributed by atoms with Crippen molar-refractivity contribution in [3.05, 3.63) is 0 Å². The number of ether oxygens (including phenoxy) is 4. The van der Waals surface area contributed by atoms with Gasteiger partial charge in [-0.1, -0.05) is 26.7 Å². The van der Waals surface area contributed by atoms with Crippen molar-refractivity contribution in [2.24, 2.45) is 0 Å². The summed E-state index contributed by atoms with van der Waals surface area (Å²) in [6.45, 7) is 4.16. The number of carboxylic acid groups (broad SMARTS) is 2. The van der Waals surface area contributed by atoms with Crippen molar-refractivity contribution in [3.63, 3.8) is 0 Å². The Labute approximate surface area is 163 Å². The van der Waals surface area contributed by atoms with Crippen molar-refractivity contribution in [2.45, 2.75) is 39.5 Å². The average molecular weight is 336 g/mol. The first-order valence-electron chi connectivity index (χ1n) is 6.44. The maximum Gasteiger partial charge on any atom is 1.00 e. The van der Waals surface area contributed by atoms with Crippen LogP contribution in [0.5, 0.6) is 0 Å². The monoisotopic (exact) mass is 336 g/mol. The van der Waals surface area contributed by atoms with Gasteiger partial charge in [-0.05, 0) is 12.8 Å². The topological polar surface area (TPSA) is 151 Å². The van der Waals surface area contributed by atoms with Gasteiger partial charge in [-0.3, -0.25) is 0 Å². The fourth-order valence-corrected chi connectivity index (χ4v) is 0.795. The molecule has 0 aliphatic heterocycles. The van der Waals surface area contributed by atoms with E-state index in [2.05, 4.69) is 18.9 Å². The van der Waals surface area contributed by atoms with E-state index in [0.717, 1.165) is 12.8 Å². The standard InChI is InChI=1S/2C6H10O5.2Li/c2*1-2-3-4-10-6(9)11-5(7)8;;/h2*2-4H2,1H3,(H,7,8);;/q;;2*+1/p-2. The Kier molecular flexibility index (Phi) is 27.6. The third kappa shape index (κ3) is 28.8. The number of rotatable bonds is 6. The van der Waals surface area contributed by atoms with Crippen LogP contribution in [0.3, 0.4) is 0 Å². The second kappa shape index (κ2) is 21.7. The van der Waals surface area contributed by atoms with Crippen molar-refractivity contribution >= 4 is 24.6 Å². The molecule has 10 nitrogen and oxygen atoms in total. The molecule has 12 heteroatoms. The maximum atomic E-state index is 10.3. The minimum absolute atomic E-state index is 0. The molecule has 0 rings (SSSR count). The summed E-state index contributed by atoms with van der Waals surface area (Å²) in [7, 11) is 0. The molecule has 0 bridgehead atoms. The second-order valence-corrected chi connectivity index (χ2v) is 3.61.